The molecule has 0 spiro atoms. The van der Waals surface area contributed by atoms with Gasteiger partial charge in [0.1, 0.15) is 0 Å². The zero-order chi connectivity index (χ0) is 12.7. The summed E-state index contributed by atoms with van der Waals surface area (Å²) in [5, 5.41) is 5.86. The Hall–Kier alpha value is -1.61. The number of hydrogen-bond donors (Lipinski definition) is 2. The topological polar surface area (TPSA) is 41.1 Å². The summed E-state index contributed by atoms with van der Waals surface area (Å²) in [5.74, 6) is -0.00617. The lowest BCUT2D eigenvalue weighted by Crippen LogP contribution is -2.45. The summed E-state index contributed by atoms with van der Waals surface area (Å²) in [6.45, 7) is 5.59. The van der Waals surface area contributed by atoms with E-state index < -0.39 is 0 Å². The quantitative estimate of drug-likeness (QED) is 0.730. The van der Waals surface area contributed by atoms with E-state index in [0.29, 0.717) is 0 Å². The molecule has 1 aromatic carbocycles. The van der Waals surface area contributed by atoms with E-state index in [-0.39, 0.29) is 18.0 Å². The number of amides is 1. The van der Waals surface area contributed by atoms with E-state index in [4.69, 9.17) is 0 Å². The van der Waals surface area contributed by atoms with E-state index in [1.54, 1.807) is 13.1 Å². The van der Waals surface area contributed by atoms with Crippen molar-refractivity contribution < 1.29 is 4.79 Å². The van der Waals surface area contributed by atoms with Crippen LogP contribution in [0.1, 0.15) is 12.5 Å². The van der Waals surface area contributed by atoms with E-state index in [0.717, 1.165) is 6.42 Å². The third-order valence-electron chi connectivity index (χ3n) is 2.74. The molecule has 2 N–H and O–H groups in total. The number of likely N-dealkylation sites (N-methyl/N-ethyl adjacent to an activating group) is 1. The van der Waals surface area contributed by atoms with Crippen molar-refractivity contribution in [2.45, 2.75) is 25.4 Å². The number of rotatable bonds is 6. The molecular formula is C14H20N2O. The molecule has 0 aliphatic heterocycles. The molecule has 1 aromatic rings. The second kappa shape index (κ2) is 6.86. The summed E-state index contributed by atoms with van der Waals surface area (Å²) in [4.78, 5) is 11.7. The smallest absolute Gasteiger partial charge is 0.237 e. The van der Waals surface area contributed by atoms with Crippen molar-refractivity contribution in [2.24, 2.45) is 0 Å². The van der Waals surface area contributed by atoms with Crippen LogP contribution in [-0.4, -0.2) is 25.0 Å². The van der Waals surface area contributed by atoms with E-state index in [9.17, 15) is 4.79 Å². The van der Waals surface area contributed by atoms with Gasteiger partial charge in [-0.25, -0.2) is 0 Å². The number of benzene rings is 1. The Morgan fingerprint density at radius 2 is 2.06 bits per heavy atom. The van der Waals surface area contributed by atoms with Gasteiger partial charge in [-0.05, 0) is 26.0 Å². The minimum absolute atomic E-state index is 0.00617. The minimum Gasteiger partial charge on any atom is -0.348 e. The van der Waals surface area contributed by atoms with E-state index in [1.165, 1.54) is 5.56 Å². The van der Waals surface area contributed by atoms with Gasteiger partial charge in [-0.15, -0.1) is 6.58 Å². The van der Waals surface area contributed by atoms with Gasteiger partial charge in [-0.2, -0.15) is 0 Å². The number of hydrogen-bond acceptors (Lipinski definition) is 2. The van der Waals surface area contributed by atoms with Crippen LogP contribution in [0.3, 0.4) is 0 Å². The molecule has 0 fully saturated rings. The minimum atomic E-state index is -0.187. The fourth-order valence-corrected chi connectivity index (χ4v) is 1.50. The van der Waals surface area contributed by atoms with Crippen molar-refractivity contribution in [1.82, 2.24) is 10.6 Å². The maximum atomic E-state index is 11.7. The van der Waals surface area contributed by atoms with Crippen LogP contribution in [0.2, 0.25) is 0 Å². The molecule has 3 nitrogen and oxygen atoms in total. The first-order valence-electron chi connectivity index (χ1n) is 5.81. The first-order chi connectivity index (χ1) is 8.17. The van der Waals surface area contributed by atoms with E-state index in [2.05, 4.69) is 17.2 Å². The molecule has 17 heavy (non-hydrogen) atoms. The summed E-state index contributed by atoms with van der Waals surface area (Å²) >= 11 is 0. The molecule has 0 saturated carbocycles. The van der Waals surface area contributed by atoms with Crippen molar-refractivity contribution in [3.05, 3.63) is 48.6 Å². The molecule has 0 saturated heterocycles. The lowest BCUT2D eigenvalue weighted by atomic mass is 10.1. The van der Waals surface area contributed by atoms with Gasteiger partial charge >= 0.3 is 0 Å². The first-order valence-corrected chi connectivity index (χ1v) is 5.81. The molecule has 2 atom stereocenters. The van der Waals surface area contributed by atoms with E-state index in [1.807, 2.05) is 37.3 Å². The normalized spacial score (nSPS) is 13.8. The van der Waals surface area contributed by atoms with Gasteiger partial charge in [0.25, 0.3) is 0 Å². The predicted octanol–water partition coefficient (Wildman–Crippen LogP) is 1.51. The third-order valence-corrected chi connectivity index (χ3v) is 2.74. The summed E-state index contributed by atoms with van der Waals surface area (Å²) in [6, 6.07) is 9.85. The van der Waals surface area contributed by atoms with Gasteiger partial charge in [0.15, 0.2) is 0 Å². The van der Waals surface area contributed by atoms with Crippen LogP contribution < -0.4 is 10.6 Å². The maximum absolute atomic E-state index is 11.7. The second-order valence-electron chi connectivity index (χ2n) is 4.05. The standard InChI is InChI=1S/C14H20N2O/c1-4-13(16-14(17)11(2)15-3)10-12-8-6-5-7-9-12/h4-9,11,13,15H,1,10H2,2-3H3,(H,16,17). The molecule has 92 valence electrons. The molecular weight excluding hydrogens is 212 g/mol. The lowest BCUT2D eigenvalue weighted by Gasteiger charge is -2.18. The van der Waals surface area contributed by atoms with Crippen molar-refractivity contribution in [3.8, 4) is 0 Å². The van der Waals surface area contributed by atoms with Crippen LogP contribution in [0.25, 0.3) is 0 Å². The monoisotopic (exact) mass is 232 g/mol. The Labute approximate surface area is 103 Å². The Morgan fingerprint density at radius 1 is 1.41 bits per heavy atom. The van der Waals surface area contributed by atoms with Crippen molar-refractivity contribution in [3.63, 3.8) is 0 Å². The van der Waals surface area contributed by atoms with Crippen LogP contribution in [0.4, 0.5) is 0 Å². The fourth-order valence-electron chi connectivity index (χ4n) is 1.50. The highest BCUT2D eigenvalue weighted by Crippen LogP contribution is 2.04. The van der Waals surface area contributed by atoms with E-state index >= 15 is 0 Å². The lowest BCUT2D eigenvalue weighted by molar-refractivity contribution is -0.123. The summed E-state index contributed by atoms with van der Waals surface area (Å²) < 4.78 is 0. The maximum Gasteiger partial charge on any atom is 0.237 e. The highest BCUT2D eigenvalue weighted by molar-refractivity contribution is 5.81. The van der Waals surface area contributed by atoms with Gasteiger partial charge in [-0.1, -0.05) is 36.4 Å². The van der Waals surface area contributed by atoms with Gasteiger partial charge in [0.05, 0.1) is 12.1 Å². The van der Waals surface area contributed by atoms with Gasteiger partial charge in [0, 0.05) is 0 Å². The SMILES string of the molecule is C=CC(Cc1ccccc1)NC(=O)C(C)NC. The third kappa shape index (κ3) is 4.41. The summed E-state index contributed by atoms with van der Waals surface area (Å²) in [7, 11) is 1.77. The Balaban J connectivity index is 2.55. The van der Waals surface area contributed by atoms with Crippen LogP contribution >= 0.6 is 0 Å². The average Bonchev–Trinajstić information content (AvgIpc) is 2.38. The van der Waals surface area contributed by atoms with Crippen LogP contribution in [-0.2, 0) is 11.2 Å². The zero-order valence-corrected chi connectivity index (χ0v) is 10.4. The zero-order valence-electron chi connectivity index (χ0n) is 10.4. The molecule has 0 aliphatic carbocycles. The molecule has 1 rings (SSSR count). The van der Waals surface area contributed by atoms with Crippen LogP contribution in [0.5, 0.6) is 0 Å². The predicted molar refractivity (Wildman–Crippen MR) is 70.8 cm³/mol. The summed E-state index contributed by atoms with van der Waals surface area (Å²) in [5.41, 5.74) is 1.19. The molecule has 1 amide bonds. The highest BCUT2D eigenvalue weighted by atomic mass is 16.2. The second-order valence-corrected chi connectivity index (χ2v) is 4.05. The van der Waals surface area contributed by atoms with Crippen molar-refractivity contribution >= 4 is 5.91 Å². The summed E-state index contributed by atoms with van der Waals surface area (Å²) in [6.07, 6.45) is 2.54. The van der Waals surface area contributed by atoms with Crippen molar-refractivity contribution in [1.29, 1.82) is 0 Å². The molecule has 0 bridgehead atoms. The number of carbonyl (C=O) groups excluding carboxylic acids is 1. The molecule has 0 heterocycles. The first kappa shape index (κ1) is 13.5. The Morgan fingerprint density at radius 3 is 2.59 bits per heavy atom. The van der Waals surface area contributed by atoms with Gasteiger partial charge in [0.2, 0.25) is 5.91 Å². The molecule has 0 aromatic heterocycles. The van der Waals surface area contributed by atoms with Crippen LogP contribution in [0, 0.1) is 0 Å². The van der Waals surface area contributed by atoms with Crippen LogP contribution in [0.15, 0.2) is 43.0 Å². The number of nitrogens with one attached hydrogen (secondary N) is 2. The van der Waals surface area contributed by atoms with Crippen molar-refractivity contribution in [2.75, 3.05) is 7.05 Å². The Bertz CT molecular complexity index is 362. The molecule has 0 aliphatic rings. The molecule has 2 unspecified atom stereocenters. The average molecular weight is 232 g/mol. The highest BCUT2D eigenvalue weighted by Gasteiger charge is 2.14. The van der Waals surface area contributed by atoms with Gasteiger partial charge < -0.3 is 10.6 Å². The molecule has 0 radical (unpaired) electrons. The van der Waals surface area contributed by atoms with Gasteiger partial charge in [-0.3, -0.25) is 4.79 Å². The largest absolute Gasteiger partial charge is 0.348 e. The number of carbonyl (C=O) groups is 1. The fraction of sp³-hybridized carbons (Fsp3) is 0.357. The molecule has 3 heteroatoms. The Kier molecular flexibility index (Phi) is 5.43.